The number of ether oxygens (including phenoxy) is 1. The third-order valence-corrected chi connectivity index (χ3v) is 2.59. The van der Waals surface area contributed by atoms with Crippen LogP contribution in [-0.4, -0.2) is 37.0 Å². The van der Waals surface area contributed by atoms with Crippen molar-refractivity contribution in [2.24, 2.45) is 0 Å². The van der Waals surface area contributed by atoms with E-state index in [2.05, 4.69) is 4.74 Å². The summed E-state index contributed by atoms with van der Waals surface area (Å²) in [5.41, 5.74) is 1.53. The number of carbonyl (C=O) groups excluding carboxylic acids is 2. The molecule has 0 saturated heterocycles. The van der Waals surface area contributed by atoms with Gasteiger partial charge in [-0.15, -0.1) is 0 Å². The molecule has 1 aromatic carbocycles. The van der Waals surface area contributed by atoms with Gasteiger partial charge in [0.15, 0.2) is 0 Å². The van der Waals surface area contributed by atoms with Gasteiger partial charge < -0.3 is 9.64 Å². The van der Waals surface area contributed by atoms with E-state index in [0.29, 0.717) is 12.1 Å². The van der Waals surface area contributed by atoms with Gasteiger partial charge in [-0.1, -0.05) is 18.2 Å². The van der Waals surface area contributed by atoms with Crippen LogP contribution in [0.2, 0.25) is 0 Å². The van der Waals surface area contributed by atoms with Crippen LogP contribution >= 0.6 is 0 Å². The number of esters is 1. The zero-order valence-corrected chi connectivity index (χ0v) is 10.4. The fraction of sp³-hybridized carbons (Fsp3) is 0.385. The Bertz CT molecular complexity index is 415. The molecule has 0 fully saturated rings. The molecule has 17 heavy (non-hydrogen) atoms. The summed E-state index contributed by atoms with van der Waals surface area (Å²) in [7, 11) is 1.31. The van der Waals surface area contributed by atoms with Crippen LogP contribution in [0.1, 0.15) is 22.8 Å². The van der Waals surface area contributed by atoms with Gasteiger partial charge in [0.25, 0.3) is 5.91 Å². The number of amides is 1. The third kappa shape index (κ3) is 3.31. The summed E-state index contributed by atoms with van der Waals surface area (Å²) in [6.45, 7) is 4.17. The second kappa shape index (κ2) is 6.03. The smallest absolute Gasteiger partial charge is 0.325 e. The van der Waals surface area contributed by atoms with Crippen LogP contribution in [0.3, 0.4) is 0 Å². The van der Waals surface area contributed by atoms with Gasteiger partial charge >= 0.3 is 5.97 Å². The van der Waals surface area contributed by atoms with Gasteiger partial charge in [0, 0.05) is 12.1 Å². The van der Waals surface area contributed by atoms with Crippen LogP contribution in [0, 0.1) is 6.92 Å². The van der Waals surface area contributed by atoms with Crippen molar-refractivity contribution in [3.63, 3.8) is 0 Å². The number of hydrogen-bond donors (Lipinski definition) is 0. The first-order valence-corrected chi connectivity index (χ1v) is 5.51. The van der Waals surface area contributed by atoms with Crippen molar-refractivity contribution in [2.75, 3.05) is 20.2 Å². The predicted molar refractivity (Wildman–Crippen MR) is 64.8 cm³/mol. The minimum Gasteiger partial charge on any atom is -0.468 e. The fourth-order valence-corrected chi connectivity index (χ4v) is 1.53. The molecule has 0 spiro atoms. The van der Waals surface area contributed by atoms with Gasteiger partial charge in [-0.2, -0.15) is 0 Å². The van der Waals surface area contributed by atoms with E-state index in [1.807, 2.05) is 32.0 Å². The molecule has 4 nitrogen and oxygen atoms in total. The fourth-order valence-electron chi connectivity index (χ4n) is 1.53. The Hall–Kier alpha value is -1.84. The Morgan fingerprint density at radius 3 is 2.47 bits per heavy atom. The van der Waals surface area contributed by atoms with E-state index in [9.17, 15) is 9.59 Å². The zero-order chi connectivity index (χ0) is 12.8. The lowest BCUT2D eigenvalue weighted by atomic mass is 10.1. The average molecular weight is 235 g/mol. The largest absolute Gasteiger partial charge is 0.468 e. The molecule has 0 atom stereocenters. The van der Waals surface area contributed by atoms with E-state index in [1.54, 1.807) is 6.07 Å². The summed E-state index contributed by atoms with van der Waals surface area (Å²) in [6, 6.07) is 7.33. The topological polar surface area (TPSA) is 46.6 Å². The van der Waals surface area contributed by atoms with Crippen LogP contribution < -0.4 is 0 Å². The molecule has 0 heterocycles. The molecule has 0 radical (unpaired) electrons. The van der Waals surface area contributed by atoms with Crippen LogP contribution in [0.4, 0.5) is 0 Å². The highest BCUT2D eigenvalue weighted by atomic mass is 16.5. The van der Waals surface area contributed by atoms with Crippen molar-refractivity contribution in [3.05, 3.63) is 35.4 Å². The SMILES string of the molecule is CCN(CC(=O)OC)C(=O)c1ccccc1C. The van der Waals surface area contributed by atoms with Crippen molar-refractivity contribution in [1.82, 2.24) is 4.90 Å². The summed E-state index contributed by atoms with van der Waals surface area (Å²) in [5.74, 6) is -0.551. The maximum atomic E-state index is 12.2. The second-order valence-corrected chi connectivity index (χ2v) is 3.71. The van der Waals surface area contributed by atoms with Crippen molar-refractivity contribution in [1.29, 1.82) is 0 Å². The van der Waals surface area contributed by atoms with E-state index in [-0.39, 0.29) is 12.5 Å². The van der Waals surface area contributed by atoms with E-state index in [0.717, 1.165) is 5.56 Å². The molecule has 92 valence electrons. The minimum atomic E-state index is -0.409. The van der Waals surface area contributed by atoms with E-state index >= 15 is 0 Å². The maximum absolute atomic E-state index is 12.2. The molecular formula is C13H17NO3. The summed E-state index contributed by atoms with van der Waals surface area (Å²) < 4.78 is 4.57. The molecule has 0 unspecified atom stereocenters. The molecule has 0 aliphatic carbocycles. The van der Waals surface area contributed by atoms with Gasteiger partial charge in [-0.05, 0) is 25.5 Å². The number of likely N-dealkylation sites (N-methyl/N-ethyl adjacent to an activating group) is 1. The first kappa shape index (κ1) is 13.2. The van der Waals surface area contributed by atoms with Crippen LogP contribution in [0.5, 0.6) is 0 Å². The lowest BCUT2D eigenvalue weighted by Crippen LogP contribution is -2.36. The van der Waals surface area contributed by atoms with Crippen LogP contribution in [0.25, 0.3) is 0 Å². The molecule has 1 amide bonds. The predicted octanol–water partition coefficient (Wildman–Crippen LogP) is 1.63. The standard InChI is InChI=1S/C13H17NO3/c1-4-14(9-12(15)17-3)13(16)11-8-6-5-7-10(11)2/h5-8H,4,9H2,1-3H3. The summed E-state index contributed by atoms with van der Waals surface area (Å²) >= 11 is 0. The summed E-state index contributed by atoms with van der Waals surface area (Å²) in [5, 5.41) is 0. The molecule has 0 aliphatic heterocycles. The lowest BCUT2D eigenvalue weighted by molar-refractivity contribution is -0.141. The van der Waals surface area contributed by atoms with E-state index < -0.39 is 5.97 Å². The Balaban J connectivity index is 2.87. The van der Waals surface area contributed by atoms with Gasteiger partial charge in [0.2, 0.25) is 0 Å². The monoisotopic (exact) mass is 235 g/mol. The molecule has 0 bridgehead atoms. The third-order valence-electron chi connectivity index (χ3n) is 2.59. The molecule has 0 N–H and O–H groups in total. The maximum Gasteiger partial charge on any atom is 0.325 e. The Labute approximate surface area is 101 Å². The van der Waals surface area contributed by atoms with Crippen molar-refractivity contribution in [2.45, 2.75) is 13.8 Å². The highest BCUT2D eigenvalue weighted by molar-refractivity contribution is 5.97. The number of benzene rings is 1. The molecule has 0 aromatic heterocycles. The summed E-state index contributed by atoms with van der Waals surface area (Å²) in [4.78, 5) is 24.8. The number of hydrogen-bond acceptors (Lipinski definition) is 3. The summed E-state index contributed by atoms with van der Waals surface area (Å²) in [6.07, 6.45) is 0. The lowest BCUT2D eigenvalue weighted by Gasteiger charge is -2.20. The first-order chi connectivity index (χ1) is 8.10. The Morgan fingerprint density at radius 2 is 1.94 bits per heavy atom. The van der Waals surface area contributed by atoms with Gasteiger partial charge in [-0.3, -0.25) is 9.59 Å². The number of rotatable bonds is 4. The van der Waals surface area contributed by atoms with E-state index in [1.165, 1.54) is 12.0 Å². The first-order valence-electron chi connectivity index (χ1n) is 5.51. The molecule has 0 aliphatic rings. The molecule has 1 rings (SSSR count). The van der Waals surface area contributed by atoms with Crippen molar-refractivity contribution < 1.29 is 14.3 Å². The molecule has 0 saturated carbocycles. The zero-order valence-electron chi connectivity index (χ0n) is 10.4. The normalized spacial score (nSPS) is 9.82. The van der Waals surface area contributed by atoms with Gasteiger partial charge in [0.05, 0.1) is 7.11 Å². The highest BCUT2D eigenvalue weighted by Crippen LogP contribution is 2.10. The van der Waals surface area contributed by atoms with Crippen molar-refractivity contribution >= 4 is 11.9 Å². The van der Waals surface area contributed by atoms with Gasteiger partial charge in [0.1, 0.15) is 6.54 Å². The molecular weight excluding hydrogens is 218 g/mol. The van der Waals surface area contributed by atoms with E-state index in [4.69, 9.17) is 0 Å². The number of carbonyl (C=O) groups is 2. The Morgan fingerprint density at radius 1 is 1.29 bits per heavy atom. The highest BCUT2D eigenvalue weighted by Gasteiger charge is 2.18. The Kier molecular flexibility index (Phi) is 4.69. The molecule has 1 aromatic rings. The second-order valence-electron chi connectivity index (χ2n) is 3.71. The van der Waals surface area contributed by atoms with Crippen LogP contribution in [-0.2, 0) is 9.53 Å². The average Bonchev–Trinajstić information content (AvgIpc) is 2.35. The van der Waals surface area contributed by atoms with Crippen LogP contribution in [0.15, 0.2) is 24.3 Å². The quantitative estimate of drug-likeness (QED) is 0.745. The van der Waals surface area contributed by atoms with Gasteiger partial charge in [-0.25, -0.2) is 0 Å². The minimum absolute atomic E-state index is 0.0137. The number of methoxy groups -OCH3 is 1. The molecule has 4 heteroatoms. The van der Waals surface area contributed by atoms with Crippen molar-refractivity contribution in [3.8, 4) is 0 Å². The number of nitrogens with zero attached hydrogens (tertiary/aromatic N) is 1. The number of aryl methyl sites for hydroxylation is 1.